The van der Waals surface area contributed by atoms with Crippen LogP contribution < -0.4 is 4.90 Å². The predicted octanol–water partition coefficient (Wildman–Crippen LogP) is 2.75. The van der Waals surface area contributed by atoms with Crippen LogP contribution in [0.5, 0.6) is 0 Å². The molecular weight excluding hydrogens is 386 g/mol. The number of hydrogen-bond acceptors (Lipinski definition) is 7. The third kappa shape index (κ3) is 4.06. The number of carbonyl (C=O) groups is 1. The summed E-state index contributed by atoms with van der Waals surface area (Å²) in [6.45, 7) is 1.58. The van der Waals surface area contributed by atoms with Gasteiger partial charge in [-0.2, -0.15) is 0 Å². The molecule has 0 amide bonds. The summed E-state index contributed by atoms with van der Waals surface area (Å²) in [6, 6.07) is 10.2. The highest BCUT2D eigenvalue weighted by atomic mass is 16.6. The van der Waals surface area contributed by atoms with Gasteiger partial charge < -0.3 is 14.2 Å². The van der Waals surface area contributed by atoms with Gasteiger partial charge in [-0.1, -0.05) is 6.07 Å². The monoisotopic (exact) mass is 407 g/mol. The average molecular weight is 407 g/mol. The molecule has 1 aliphatic rings. The standard InChI is InChI=1S/C21H21N5O4/c1-24-11-9-23-21(24)20(27)15-5-6-18(19(12-15)26(28)29)25-10-7-17(13-25)30-14-16-4-2-3-8-22-16/h2-6,8-9,11-12,17H,7,10,13-14H2,1H3. The Morgan fingerprint density at radius 2 is 2.13 bits per heavy atom. The number of anilines is 1. The molecule has 1 aromatic carbocycles. The van der Waals surface area contributed by atoms with Crippen LogP contribution in [0, 0.1) is 10.1 Å². The number of pyridine rings is 1. The summed E-state index contributed by atoms with van der Waals surface area (Å²) in [7, 11) is 1.71. The number of ether oxygens (including phenoxy) is 1. The van der Waals surface area contributed by atoms with Gasteiger partial charge in [0.25, 0.3) is 5.69 Å². The van der Waals surface area contributed by atoms with Gasteiger partial charge in [0.1, 0.15) is 5.69 Å². The first-order valence-corrected chi connectivity index (χ1v) is 9.60. The van der Waals surface area contributed by atoms with Crippen molar-refractivity contribution in [2.24, 2.45) is 7.05 Å². The third-order valence-electron chi connectivity index (χ3n) is 5.14. The van der Waals surface area contributed by atoms with E-state index >= 15 is 0 Å². The maximum atomic E-state index is 12.7. The van der Waals surface area contributed by atoms with E-state index in [1.165, 1.54) is 12.3 Å². The Kier molecular flexibility index (Phi) is 5.53. The van der Waals surface area contributed by atoms with Crippen molar-refractivity contribution in [1.29, 1.82) is 0 Å². The molecule has 0 aliphatic carbocycles. The molecule has 4 rings (SSSR count). The smallest absolute Gasteiger partial charge is 0.293 e. The third-order valence-corrected chi connectivity index (χ3v) is 5.14. The van der Waals surface area contributed by atoms with Crippen molar-refractivity contribution in [2.45, 2.75) is 19.1 Å². The van der Waals surface area contributed by atoms with Crippen LogP contribution in [-0.2, 0) is 18.4 Å². The Balaban J connectivity index is 1.49. The lowest BCUT2D eigenvalue weighted by Crippen LogP contribution is -2.24. The van der Waals surface area contributed by atoms with Gasteiger partial charge in [0.2, 0.25) is 5.78 Å². The van der Waals surface area contributed by atoms with Crippen LogP contribution in [0.15, 0.2) is 55.0 Å². The topological polar surface area (TPSA) is 103 Å². The van der Waals surface area contributed by atoms with E-state index in [2.05, 4.69) is 9.97 Å². The lowest BCUT2D eigenvalue weighted by Gasteiger charge is -2.19. The maximum absolute atomic E-state index is 12.7. The van der Waals surface area contributed by atoms with Crippen molar-refractivity contribution >= 4 is 17.2 Å². The number of carbonyl (C=O) groups excluding carboxylic acids is 1. The van der Waals surface area contributed by atoms with Crippen LogP contribution in [0.3, 0.4) is 0 Å². The average Bonchev–Trinajstić information content (AvgIpc) is 3.41. The van der Waals surface area contributed by atoms with Crippen LogP contribution >= 0.6 is 0 Å². The van der Waals surface area contributed by atoms with Crippen molar-refractivity contribution in [3.8, 4) is 0 Å². The van der Waals surface area contributed by atoms with Crippen molar-refractivity contribution in [3.63, 3.8) is 0 Å². The van der Waals surface area contributed by atoms with Crippen molar-refractivity contribution in [1.82, 2.24) is 14.5 Å². The maximum Gasteiger partial charge on any atom is 0.293 e. The van der Waals surface area contributed by atoms with E-state index < -0.39 is 4.92 Å². The van der Waals surface area contributed by atoms with Crippen molar-refractivity contribution in [2.75, 3.05) is 18.0 Å². The Hall–Kier alpha value is -3.59. The van der Waals surface area contributed by atoms with Gasteiger partial charge in [0.15, 0.2) is 5.82 Å². The zero-order chi connectivity index (χ0) is 21.1. The van der Waals surface area contributed by atoms with Gasteiger partial charge in [-0.3, -0.25) is 19.9 Å². The first-order chi connectivity index (χ1) is 14.5. The molecule has 1 aliphatic heterocycles. The van der Waals surface area contributed by atoms with E-state index in [9.17, 15) is 14.9 Å². The molecule has 154 valence electrons. The minimum Gasteiger partial charge on any atom is -0.370 e. The molecular formula is C21H21N5O4. The quantitative estimate of drug-likeness (QED) is 0.337. The molecule has 3 heterocycles. The second-order valence-corrected chi connectivity index (χ2v) is 7.14. The van der Waals surface area contributed by atoms with E-state index in [0.717, 1.165) is 12.1 Å². The fourth-order valence-corrected chi connectivity index (χ4v) is 3.56. The molecule has 0 bridgehead atoms. The Labute approximate surface area is 173 Å². The zero-order valence-electron chi connectivity index (χ0n) is 16.5. The lowest BCUT2D eigenvalue weighted by molar-refractivity contribution is -0.384. The van der Waals surface area contributed by atoms with E-state index in [4.69, 9.17) is 4.74 Å². The summed E-state index contributed by atoms with van der Waals surface area (Å²) in [6.07, 6.45) is 5.62. The molecule has 0 spiro atoms. The van der Waals surface area contributed by atoms with Gasteiger partial charge in [-0.25, -0.2) is 4.98 Å². The summed E-state index contributed by atoms with van der Waals surface area (Å²) in [5.41, 5.74) is 1.47. The molecule has 1 fully saturated rings. The van der Waals surface area contributed by atoms with E-state index in [1.807, 2.05) is 23.1 Å². The fraction of sp³-hybridized carbons (Fsp3) is 0.286. The minimum absolute atomic E-state index is 0.0412. The summed E-state index contributed by atoms with van der Waals surface area (Å²) in [4.78, 5) is 34.1. The lowest BCUT2D eigenvalue weighted by atomic mass is 10.1. The highest BCUT2D eigenvalue weighted by molar-refractivity contribution is 6.07. The van der Waals surface area contributed by atoms with Crippen LogP contribution in [0.2, 0.25) is 0 Å². The molecule has 0 saturated carbocycles. The van der Waals surface area contributed by atoms with Gasteiger partial charge in [-0.15, -0.1) is 0 Å². The summed E-state index contributed by atoms with van der Waals surface area (Å²) in [5.74, 6) is -0.114. The highest BCUT2D eigenvalue weighted by Crippen LogP contribution is 2.33. The van der Waals surface area contributed by atoms with Crippen molar-refractivity contribution < 1.29 is 14.5 Å². The molecule has 9 heteroatoms. The van der Waals surface area contributed by atoms with Crippen LogP contribution in [0.1, 0.15) is 28.3 Å². The number of nitrogens with zero attached hydrogens (tertiary/aromatic N) is 5. The number of aryl methyl sites for hydroxylation is 1. The normalized spacial score (nSPS) is 16.0. The number of ketones is 1. The molecule has 1 saturated heterocycles. The second-order valence-electron chi connectivity index (χ2n) is 7.14. The van der Waals surface area contributed by atoms with E-state index in [1.54, 1.807) is 36.1 Å². The Bertz CT molecular complexity index is 1070. The first kappa shape index (κ1) is 19.7. The van der Waals surface area contributed by atoms with Gasteiger partial charge in [0.05, 0.1) is 23.3 Å². The summed E-state index contributed by atoms with van der Waals surface area (Å²) in [5, 5.41) is 11.7. The van der Waals surface area contributed by atoms with Gasteiger partial charge in [0, 0.05) is 50.4 Å². The molecule has 1 unspecified atom stereocenters. The fourth-order valence-electron chi connectivity index (χ4n) is 3.56. The molecule has 9 nitrogen and oxygen atoms in total. The number of imidazole rings is 1. The zero-order valence-corrected chi connectivity index (χ0v) is 16.5. The summed E-state index contributed by atoms with van der Waals surface area (Å²) < 4.78 is 7.52. The number of hydrogen-bond donors (Lipinski definition) is 0. The highest BCUT2D eigenvalue weighted by Gasteiger charge is 2.29. The summed E-state index contributed by atoms with van der Waals surface area (Å²) >= 11 is 0. The molecule has 30 heavy (non-hydrogen) atoms. The number of nitro benzene ring substituents is 1. The number of nitro groups is 1. The number of aromatic nitrogens is 3. The largest absolute Gasteiger partial charge is 0.370 e. The first-order valence-electron chi connectivity index (χ1n) is 9.60. The number of benzene rings is 1. The molecule has 0 N–H and O–H groups in total. The van der Waals surface area contributed by atoms with Crippen LogP contribution in [0.25, 0.3) is 0 Å². The van der Waals surface area contributed by atoms with Crippen LogP contribution in [0.4, 0.5) is 11.4 Å². The van der Waals surface area contributed by atoms with E-state index in [-0.39, 0.29) is 29.0 Å². The number of rotatable bonds is 7. The molecule has 3 aromatic rings. The van der Waals surface area contributed by atoms with Crippen molar-refractivity contribution in [3.05, 3.63) is 82.2 Å². The molecule has 0 radical (unpaired) electrons. The van der Waals surface area contributed by atoms with Gasteiger partial charge >= 0.3 is 0 Å². The Morgan fingerprint density at radius 3 is 2.83 bits per heavy atom. The van der Waals surface area contributed by atoms with Gasteiger partial charge in [-0.05, 0) is 30.7 Å². The van der Waals surface area contributed by atoms with Crippen LogP contribution in [-0.4, -0.2) is 44.4 Å². The Morgan fingerprint density at radius 1 is 1.27 bits per heavy atom. The molecule has 2 aromatic heterocycles. The molecule has 1 atom stereocenters. The predicted molar refractivity (Wildman–Crippen MR) is 109 cm³/mol. The van der Waals surface area contributed by atoms with E-state index in [0.29, 0.717) is 25.4 Å². The minimum atomic E-state index is -0.452. The second kappa shape index (κ2) is 8.42. The SMILES string of the molecule is Cn1ccnc1C(=O)c1ccc(N2CCC(OCc3ccccn3)C2)c([N+](=O)[O-])c1.